The molecule has 8 nitrogen and oxygen atoms in total. The van der Waals surface area contributed by atoms with Gasteiger partial charge in [-0.05, 0) is 92.9 Å². The first-order chi connectivity index (χ1) is 20.7. The molecule has 3 aromatic carbocycles. The van der Waals surface area contributed by atoms with E-state index in [0.717, 1.165) is 66.2 Å². The van der Waals surface area contributed by atoms with Gasteiger partial charge in [-0.3, -0.25) is 9.69 Å². The van der Waals surface area contributed by atoms with Crippen LogP contribution in [0.2, 0.25) is 0 Å². The summed E-state index contributed by atoms with van der Waals surface area (Å²) in [7, 11) is -4.17. The Hall–Kier alpha value is -2.92. The summed E-state index contributed by atoms with van der Waals surface area (Å²) in [5, 5.41) is 0. The number of ether oxygens (including phenoxy) is 1. The highest BCUT2D eigenvalue weighted by Crippen LogP contribution is 2.39. The van der Waals surface area contributed by atoms with Crippen LogP contribution >= 0.6 is 15.9 Å². The summed E-state index contributed by atoms with van der Waals surface area (Å²) in [5.74, 6) is 0.572. The minimum atomic E-state index is -4.17. The molecule has 3 aromatic rings. The van der Waals surface area contributed by atoms with Crippen LogP contribution in [0.1, 0.15) is 39.0 Å². The van der Waals surface area contributed by atoms with Gasteiger partial charge in [-0.15, -0.1) is 0 Å². The van der Waals surface area contributed by atoms with Gasteiger partial charge in [-0.1, -0.05) is 58.4 Å². The first-order valence-electron chi connectivity index (χ1n) is 15.0. The Balaban J connectivity index is 1.12. The number of primary amides is 1. The molecule has 1 amide bonds. The molecule has 2 aliphatic rings. The highest BCUT2D eigenvalue weighted by molar-refractivity contribution is 9.10. The molecular formula is C33H40BrN3O5S. The lowest BCUT2D eigenvalue weighted by molar-refractivity contribution is -0.136. The van der Waals surface area contributed by atoms with Crippen molar-refractivity contribution in [3.63, 3.8) is 0 Å². The quantitative estimate of drug-likeness (QED) is 0.256. The molecule has 0 bridgehead atoms. The zero-order valence-corrected chi connectivity index (χ0v) is 27.0. The second-order valence-corrected chi connectivity index (χ2v) is 13.9. The van der Waals surface area contributed by atoms with Crippen molar-refractivity contribution in [2.24, 2.45) is 11.7 Å². The molecular weight excluding hydrogens is 630 g/mol. The smallest absolute Gasteiger partial charge is 0.298 e. The van der Waals surface area contributed by atoms with Gasteiger partial charge in [-0.25, -0.2) is 4.18 Å². The second kappa shape index (κ2) is 13.8. The zero-order valence-electron chi connectivity index (χ0n) is 24.6. The van der Waals surface area contributed by atoms with E-state index in [2.05, 4.69) is 37.9 Å². The SMILES string of the molecule is CCOc1cc(Br)ccc1N1CCN(CCC2CCC(OS(=O)(=O)c3ccc(-c4ccccc4)cc3)(C(N)=O)CC2)CC1. The standard InChI is InChI=1S/C33H40BrN3O5S/c1-2-41-31-24-28(34)10-13-30(31)37-22-20-36(21-23-37)19-16-25-14-17-33(18-15-25,32(35)38)42-43(39,40)29-11-8-27(9-12-29)26-6-4-3-5-7-26/h3-13,24-25H,2,14-23H2,1H3,(H2,35,38). The molecule has 0 spiro atoms. The number of benzene rings is 3. The minimum Gasteiger partial charge on any atom is -0.492 e. The average Bonchev–Trinajstić information content (AvgIpc) is 3.02. The van der Waals surface area contributed by atoms with Gasteiger partial charge in [0.15, 0.2) is 5.60 Å². The van der Waals surface area contributed by atoms with E-state index in [4.69, 9.17) is 14.7 Å². The predicted octanol–water partition coefficient (Wildman–Crippen LogP) is 5.85. The third-order valence-corrected chi connectivity index (χ3v) is 10.6. The lowest BCUT2D eigenvalue weighted by Crippen LogP contribution is -2.50. The number of halogens is 1. The molecule has 1 saturated carbocycles. The Kier molecular flexibility index (Phi) is 10.1. The molecule has 0 aromatic heterocycles. The first-order valence-corrected chi connectivity index (χ1v) is 17.2. The van der Waals surface area contributed by atoms with Gasteiger partial charge in [0, 0.05) is 30.7 Å². The molecule has 43 heavy (non-hydrogen) atoms. The number of rotatable bonds is 11. The van der Waals surface area contributed by atoms with Gasteiger partial charge >= 0.3 is 0 Å². The van der Waals surface area contributed by atoms with Crippen molar-refractivity contribution in [2.45, 2.75) is 49.5 Å². The van der Waals surface area contributed by atoms with Crippen molar-refractivity contribution in [1.29, 1.82) is 0 Å². The van der Waals surface area contributed by atoms with Crippen molar-refractivity contribution < 1.29 is 22.1 Å². The van der Waals surface area contributed by atoms with E-state index < -0.39 is 21.6 Å². The average molecular weight is 671 g/mol. The number of nitrogens with two attached hydrogens (primary N) is 1. The lowest BCUT2D eigenvalue weighted by Gasteiger charge is -2.39. The molecule has 0 unspecified atom stereocenters. The molecule has 1 saturated heterocycles. The maximum Gasteiger partial charge on any atom is 0.298 e. The number of carbonyl (C=O) groups excluding carboxylic acids is 1. The van der Waals surface area contributed by atoms with Gasteiger partial charge in [0.25, 0.3) is 16.0 Å². The summed E-state index contributed by atoms with van der Waals surface area (Å²) < 4.78 is 39.0. The Morgan fingerprint density at radius 2 is 1.60 bits per heavy atom. The van der Waals surface area contributed by atoms with Gasteiger partial charge in [-0.2, -0.15) is 8.42 Å². The minimum absolute atomic E-state index is 0.0191. The summed E-state index contributed by atoms with van der Waals surface area (Å²) in [4.78, 5) is 17.5. The van der Waals surface area contributed by atoms with E-state index in [0.29, 0.717) is 38.2 Å². The van der Waals surface area contributed by atoms with Crippen LogP contribution < -0.4 is 15.4 Å². The van der Waals surface area contributed by atoms with Gasteiger partial charge < -0.3 is 15.4 Å². The van der Waals surface area contributed by atoms with Crippen molar-refractivity contribution in [3.8, 4) is 16.9 Å². The summed E-state index contributed by atoms with van der Waals surface area (Å²) in [6.07, 6.45) is 2.98. The van der Waals surface area contributed by atoms with E-state index in [-0.39, 0.29) is 4.90 Å². The highest BCUT2D eigenvalue weighted by atomic mass is 79.9. The van der Waals surface area contributed by atoms with Crippen LogP contribution in [-0.4, -0.2) is 64.2 Å². The fraction of sp³-hybridized carbons (Fsp3) is 0.424. The first kappa shape index (κ1) is 31.5. The Morgan fingerprint density at radius 1 is 0.953 bits per heavy atom. The van der Waals surface area contributed by atoms with Crippen molar-refractivity contribution >= 4 is 37.6 Å². The van der Waals surface area contributed by atoms with Crippen molar-refractivity contribution in [2.75, 3.05) is 44.2 Å². The predicted molar refractivity (Wildman–Crippen MR) is 173 cm³/mol. The summed E-state index contributed by atoms with van der Waals surface area (Å²) in [5.41, 5.74) is 7.27. The molecule has 0 atom stereocenters. The number of anilines is 1. The summed E-state index contributed by atoms with van der Waals surface area (Å²) in [6, 6.07) is 22.4. The van der Waals surface area contributed by atoms with Crippen molar-refractivity contribution in [3.05, 3.63) is 77.3 Å². The molecule has 2 fully saturated rings. The molecule has 10 heteroatoms. The number of amides is 1. The topological polar surface area (TPSA) is 102 Å². The second-order valence-electron chi connectivity index (χ2n) is 11.4. The molecule has 1 aliphatic heterocycles. The zero-order chi connectivity index (χ0) is 30.5. The fourth-order valence-electron chi connectivity index (χ4n) is 6.10. The summed E-state index contributed by atoms with van der Waals surface area (Å²) in [6.45, 7) is 7.36. The van der Waals surface area contributed by atoms with Crippen LogP contribution in [0.3, 0.4) is 0 Å². The Morgan fingerprint density at radius 3 is 2.23 bits per heavy atom. The number of carbonyl (C=O) groups is 1. The largest absolute Gasteiger partial charge is 0.492 e. The molecule has 0 radical (unpaired) electrons. The van der Waals surface area contributed by atoms with Gasteiger partial charge in [0.2, 0.25) is 0 Å². The van der Waals surface area contributed by atoms with Crippen molar-refractivity contribution in [1.82, 2.24) is 4.90 Å². The highest BCUT2D eigenvalue weighted by Gasteiger charge is 2.45. The number of piperazine rings is 1. The maximum absolute atomic E-state index is 13.2. The normalized spacial score (nSPS) is 21.4. The number of hydrogen-bond donors (Lipinski definition) is 1. The van der Waals surface area contributed by atoms with Crippen LogP contribution in [0, 0.1) is 5.92 Å². The lowest BCUT2D eigenvalue weighted by atomic mass is 9.77. The maximum atomic E-state index is 13.2. The molecule has 1 heterocycles. The Bertz CT molecular complexity index is 1480. The monoisotopic (exact) mass is 669 g/mol. The number of nitrogens with zero attached hydrogens (tertiary/aromatic N) is 2. The molecule has 1 aliphatic carbocycles. The van der Waals surface area contributed by atoms with Crippen LogP contribution in [0.15, 0.2) is 82.2 Å². The van der Waals surface area contributed by atoms with Crippen LogP contribution in [0.25, 0.3) is 11.1 Å². The van der Waals surface area contributed by atoms with E-state index in [1.165, 1.54) is 12.1 Å². The Labute approximate surface area is 263 Å². The van der Waals surface area contributed by atoms with Gasteiger partial charge in [0.05, 0.1) is 17.2 Å². The van der Waals surface area contributed by atoms with E-state index in [1.54, 1.807) is 12.1 Å². The van der Waals surface area contributed by atoms with E-state index in [1.807, 2.05) is 43.3 Å². The van der Waals surface area contributed by atoms with Crippen LogP contribution in [-0.2, 0) is 19.1 Å². The third kappa shape index (κ3) is 7.60. The van der Waals surface area contributed by atoms with E-state index >= 15 is 0 Å². The van der Waals surface area contributed by atoms with Gasteiger partial charge in [0.1, 0.15) is 5.75 Å². The fourth-order valence-corrected chi connectivity index (χ4v) is 7.68. The summed E-state index contributed by atoms with van der Waals surface area (Å²) >= 11 is 3.54. The third-order valence-electron chi connectivity index (χ3n) is 8.67. The van der Waals surface area contributed by atoms with Crippen LogP contribution in [0.5, 0.6) is 5.75 Å². The van der Waals surface area contributed by atoms with E-state index in [9.17, 15) is 13.2 Å². The molecule has 230 valence electrons. The van der Waals surface area contributed by atoms with Crippen LogP contribution in [0.4, 0.5) is 5.69 Å². The molecule has 5 rings (SSSR count). The number of hydrogen-bond acceptors (Lipinski definition) is 7. The molecule has 2 N–H and O–H groups in total.